The fourth-order valence-corrected chi connectivity index (χ4v) is 2.89. The van der Waals surface area contributed by atoms with Crippen LogP contribution in [0.1, 0.15) is 47.5 Å². The first-order valence-electron chi connectivity index (χ1n) is 9.59. The number of ether oxygens (including phenoxy) is 3. The highest BCUT2D eigenvalue weighted by Crippen LogP contribution is 2.35. The Morgan fingerprint density at radius 1 is 1.11 bits per heavy atom. The van der Waals surface area contributed by atoms with Crippen molar-refractivity contribution in [2.75, 3.05) is 39.7 Å². The molecule has 0 saturated carbocycles. The van der Waals surface area contributed by atoms with Crippen LogP contribution in [-0.2, 0) is 23.8 Å². The van der Waals surface area contributed by atoms with Gasteiger partial charge in [0.2, 0.25) is 5.91 Å². The van der Waals surface area contributed by atoms with Crippen LogP contribution >= 0.6 is 0 Å². The maximum Gasteiger partial charge on any atom is 0.326 e. The Morgan fingerprint density at radius 3 is 2.33 bits per heavy atom. The van der Waals surface area contributed by atoms with E-state index in [1.54, 1.807) is 0 Å². The van der Waals surface area contributed by atoms with Gasteiger partial charge in [-0.3, -0.25) is 9.59 Å². The summed E-state index contributed by atoms with van der Waals surface area (Å²) in [5.74, 6) is 0.158. The van der Waals surface area contributed by atoms with Gasteiger partial charge in [-0.2, -0.15) is 0 Å². The van der Waals surface area contributed by atoms with Crippen LogP contribution in [0.5, 0.6) is 0 Å². The van der Waals surface area contributed by atoms with Crippen LogP contribution in [0.3, 0.4) is 0 Å². The lowest BCUT2D eigenvalue weighted by atomic mass is 9.73. The molecule has 1 unspecified atom stereocenters. The predicted molar refractivity (Wildman–Crippen MR) is 99.9 cm³/mol. The van der Waals surface area contributed by atoms with E-state index in [-0.39, 0.29) is 57.4 Å². The molecular weight excluding hydrogens is 352 g/mol. The van der Waals surface area contributed by atoms with Crippen molar-refractivity contribution in [3.05, 3.63) is 0 Å². The van der Waals surface area contributed by atoms with Crippen LogP contribution in [-0.4, -0.2) is 62.5 Å². The zero-order chi connectivity index (χ0) is 20.4. The average Bonchev–Trinajstić information content (AvgIpc) is 2.58. The van der Waals surface area contributed by atoms with E-state index in [9.17, 15) is 14.4 Å². The van der Waals surface area contributed by atoms with Gasteiger partial charge in [-0.1, -0.05) is 27.7 Å². The Kier molecular flexibility index (Phi) is 9.73. The highest BCUT2D eigenvalue weighted by molar-refractivity contribution is 5.96. The van der Waals surface area contributed by atoms with Gasteiger partial charge in [0.1, 0.15) is 13.3 Å². The predicted octanol–water partition coefficient (Wildman–Crippen LogP) is 2.17. The van der Waals surface area contributed by atoms with E-state index >= 15 is 0 Å². The summed E-state index contributed by atoms with van der Waals surface area (Å²) >= 11 is 0. The van der Waals surface area contributed by atoms with Crippen molar-refractivity contribution in [3.8, 4) is 0 Å². The standard InChI is InChI=1S/C19H34N2O6/c1-14(2)12-19(5,15(3)4)17(23)27-11-10-25-8-9-26-13-21-16(22)6-7-20-18(21)24/h14-15H,6-13H2,1-5H3,(H,20,24). The molecule has 1 aliphatic rings. The lowest BCUT2D eigenvalue weighted by Crippen LogP contribution is -2.50. The van der Waals surface area contributed by atoms with Crippen molar-refractivity contribution in [2.24, 2.45) is 17.3 Å². The van der Waals surface area contributed by atoms with Crippen molar-refractivity contribution in [1.29, 1.82) is 0 Å². The number of carbonyl (C=O) groups is 3. The highest BCUT2D eigenvalue weighted by atomic mass is 16.6. The van der Waals surface area contributed by atoms with E-state index in [0.717, 1.165) is 11.3 Å². The molecule has 1 aliphatic heterocycles. The molecule has 0 aromatic heterocycles. The number of amides is 3. The molecule has 1 fully saturated rings. The van der Waals surface area contributed by atoms with Crippen LogP contribution in [0.2, 0.25) is 0 Å². The Hall–Kier alpha value is -1.67. The Bertz CT molecular complexity index is 492. The van der Waals surface area contributed by atoms with Gasteiger partial charge in [0.15, 0.2) is 0 Å². The number of nitrogens with one attached hydrogen (secondary N) is 1. The fraction of sp³-hybridized carbons (Fsp3) is 0.842. The minimum Gasteiger partial charge on any atom is -0.463 e. The van der Waals surface area contributed by atoms with Crippen molar-refractivity contribution >= 4 is 17.9 Å². The van der Waals surface area contributed by atoms with E-state index in [1.807, 2.05) is 20.8 Å². The number of esters is 1. The third kappa shape index (κ3) is 7.46. The monoisotopic (exact) mass is 386 g/mol. The van der Waals surface area contributed by atoms with Crippen LogP contribution in [0.4, 0.5) is 4.79 Å². The molecule has 0 aromatic carbocycles. The summed E-state index contributed by atoms with van der Waals surface area (Å²) in [6.45, 7) is 11.5. The number of urea groups is 1. The third-order valence-corrected chi connectivity index (χ3v) is 4.79. The summed E-state index contributed by atoms with van der Waals surface area (Å²) in [6, 6.07) is -0.436. The molecule has 1 heterocycles. The minimum absolute atomic E-state index is 0.0923. The van der Waals surface area contributed by atoms with Crippen molar-refractivity contribution in [1.82, 2.24) is 10.2 Å². The SMILES string of the molecule is CC(C)CC(C)(C(=O)OCCOCCOCN1C(=O)CCNC1=O)C(C)C. The first-order chi connectivity index (χ1) is 12.7. The smallest absolute Gasteiger partial charge is 0.326 e. The molecule has 1 rings (SSSR count). The normalized spacial score (nSPS) is 17.2. The molecule has 8 heteroatoms. The summed E-state index contributed by atoms with van der Waals surface area (Å²) < 4.78 is 16.0. The van der Waals surface area contributed by atoms with Gasteiger partial charge < -0.3 is 19.5 Å². The van der Waals surface area contributed by atoms with Gasteiger partial charge in [0.25, 0.3) is 0 Å². The Morgan fingerprint density at radius 2 is 1.74 bits per heavy atom. The maximum absolute atomic E-state index is 12.4. The first-order valence-corrected chi connectivity index (χ1v) is 9.59. The summed E-state index contributed by atoms with van der Waals surface area (Å²) in [5.41, 5.74) is -0.501. The summed E-state index contributed by atoms with van der Waals surface area (Å²) in [7, 11) is 0. The molecule has 0 spiro atoms. The Balaban J connectivity index is 2.16. The lowest BCUT2D eigenvalue weighted by molar-refractivity contribution is -0.160. The molecule has 8 nitrogen and oxygen atoms in total. The second-order valence-corrected chi connectivity index (χ2v) is 7.76. The topological polar surface area (TPSA) is 94.2 Å². The van der Waals surface area contributed by atoms with Crippen LogP contribution in [0, 0.1) is 17.3 Å². The number of nitrogens with zero attached hydrogens (tertiary/aromatic N) is 1. The van der Waals surface area contributed by atoms with Crippen molar-refractivity contribution < 1.29 is 28.6 Å². The molecule has 1 atom stereocenters. The second kappa shape index (κ2) is 11.2. The number of rotatable bonds is 12. The molecule has 1 saturated heterocycles. The first kappa shape index (κ1) is 23.4. The number of carbonyl (C=O) groups excluding carboxylic acids is 3. The second-order valence-electron chi connectivity index (χ2n) is 7.76. The molecule has 0 aliphatic carbocycles. The molecule has 1 N–H and O–H groups in total. The van der Waals surface area contributed by atoms with Crippen molar-refractivity contribution in [2.45, 2.75) is 47.5 Å². The van der Waals surface area contributed by atoms with E-state index in [2.05, 4.69) is 19.2 Å². The van der Waals surface area contributed by atoms with E-state index in [4.69, 9.17) is 14.2 Å². The van der Waals surface area contributed by atoms with Gasteiger partial charge in [-0.25, -0.2) is 9.69 Å². The zero-order valence-corrected chi connectivity index (χ0v) is 17.2. The summed E-state index contributed by atoms with van der Waals surface area (Å²) in [4.78, 5) is 36.5. The van der Waals surface area contributed by atoms with Crippen molar-refractivity contribution in [3.63, 3.8) is 0 Å². The third-order valence-electron chi connectivity index (χ3n) is 4.79. The Labute approximate surface area is 161 Å². The molecular formula is C19H34N2O6. The van der Waals surface area contributed by atoms with Gasteiger partial charge in [0, 0.05) is 13.0 Å². The van der Waals surface area contributed by atoms with E-state index < -0.39 is 11.4 Å². The van der Waals surface area contributed by atoms with Gasteiger partial charge in [0.05, 0.1) is 25.2 Å². The summed E-state index contributed by atoms with van der Waals surface area (Å²) in [5, 5.41) is 2.58. The fourth-order valence-electron chi connectivity index (χ4n) is 2.89. The van der Waals surface area contributed by atoms with Crippen LogP contribution in [0.15, 0.2) is 0 Å². The minimum atomic E-state index is -0.501. The quantitative estimate of drug-likeness (QED) is 0.408. The van der Waals surface area contributed by atoms with E-state index in [0.29, 0.717) is 12.5 Å². The number of hydrogen-bond acceptors (Lipinski definition) is 6. The number of hydrogen-bond donors (Lipinski definition) is 1. The van der Waals surface area contributed by atoms with Crippen LogP contribution < -0.4 is 5.32 Å². The highest BCUT2D eigenvalue weighted by Gasteiger charge is 2.38. The lowest BCUT2D eigenvalue weighted by Gasteiger charge is -2.32. The molecule has 0 aromatic rings. The molecule has 0 radical (unpaired) electrons. The molecule has 27 heavy (non-hydrogen) atoms. The molecule has 156 valence electrons. The largest absolute Gasteiger partial charge is 0.463 e. The molecule has 0 bridgehead atoms. The maximum atomic E-state index is 12.4. The number of imide groups is 1. The average molecular weight is 386 g/mol. The zero-order valence-electron chi connectivity index (χ0n) is 17.2. The molecule has 3 amide bonds. The van der Waals surface area contributed by atoms with Gasteiger partial charge >= 0.3 is 12.0 Å². The summed E-state index contributed by atoms with van der Waals surface area (Å²) in [6.07, 6.45) is 1.06. The van der Waals surface area contributed by atoms with Crippen LogP contribution in [0.25, 0.3) is 0 Å². The van der Waals surface area contributed by atoms with Gasteiger partial charge in [-0.05, 0) is 25.2 Å². The van der Waals surface area contributed by atoms with E-state index in [1.165, 1.54) is 0 Å². The van der Waals surface area contributed by atoms with Gasteiger partial charge in [-0.15, -0.1) is 0 Å².